The fourth-order valence-electron chi connectivity index (χ4n) is 6.57. The molecule has 1 fully saturated rings. The predicted molar refractivity (Wildman–Crippen MR) is 156 cm³/mol. The van der Waals surface area contributed by atoms with E-state index in [1.54, 1.807) is 38.9 Å². The van der Waals surface area contributed by atoms with Crippen molar-refractivity contribution in [1.82, 2.24) is 5.32 Å². The highest BCUT2D eigenvalue weighted by Crippen LogP contribution is 2.56. The number of nitrogens with one attached hydrogen (secondary N) is 2. The molecule has 8 N–H and O–H groups in total. The summed E-state index contributed by atoms with van der Waals surface area (Å²) < 4.78 is 0. The summed E-state index contributed by atoms with van der Waals surface area (Å²) in [5.74, 6) is -8.92. The number of phenolic OH excluding ortho intramolecular Hbond substituents is 1. The van der Waals surface area contributed by atoms with Crippen molar-refractivity contribution in [3.63, 3.8) is 0 Å². The van der Waals surface area contributed by atoms with Crippen LogP contribution in [0.5, 0.6) is 5.75 Å². The second kappa shape index (κ2) is 10.4. The van der Waals surface area contributed by atoms with Crippen molar-refractivity contribution in [1.29, 1.82) is 0 Å². The van der Waals surface area contributed by atoms with Crippen LogP contribution in [0.4, 0.5) is 11.4 Å². The van der Waals surface area contributed by atoms with Crippen molar-refractivity contribution in [3.8, 4) is 5.75 Å². The van der Waals surface area contributed by atoms with Crippen molar-refractivity contribution >= 4 is 40.5 Å². The Kier molecular flexibility index (Phi) is 7.71. The number of primary amides is 1. The average Bonchev–Trinajstić information content (AvgIpc) is 2.85. The molecule has 4 rings (SSSR count). The van der Waals surface area contributed by atoms with Crippen LogP contribution in [0.25, 0.3) is 5.76 Å². The number of ketones is 2. The lowest BCUT2D eigenvalue weighted by Crippen LogP contribution is -2.62. The Hall–Kier alpha value is -3.90. The van der Waals surface area contributed by atoms with Gasteiger partial charge in [0.25, 0.3) is 5.91 Å². The maximum absolute atomic E-state index is 14.1. The normalized spacial score (nSPS) is 25.7. The number of nitrogens with zero attached hydrogens (tertiary/aromatic N) is 1. The number of hydrogen-bond donors (Lipinski definition) is 7. The molecule has 1 unspecified atom stereocenters. The van der Waals surface area contributed by atoms with Crippen molar-refractivity contribution in [2.24, 2.45) is 29.4 Å². The van der Waals surface area contributed by atoms with Gasteiger partial charge in [-0.05, 0) is 57.1 Å². The summed E-state index contributed by atoms with van der Waals surface area (Å²) in [5, 5.41) is 51.4. The van der Waals surface area contributed by atoms with Gasteiger partial charge >= 0.3 is 0 Å². The molecule has 0 bridgehead atoms. The molecular weight excluding hydrogens is 544 g/mol. The largest absolute Gasteiger partial charge is 0.508 e. The Balaban J connectivity index is 1.89. The Morgan fingerprint density at radius 2 is 1.79 bits per heavy atom. The van der Waals surface area contributed by atoms with Crippen LogP contribution in [-0.2, 0) is 25.6 Å². The van der Waals surface area contributed by atoms with Crippen LogP contribution in [-0.4, -0.2) is 75.6 Å². The fraction of sp³-hybridized carbons (Fsp3) is 0.533. The van der Waals surface area contributed by atoms with E-state index < -0.39 is 75.5 Å². The number of carbonyl (C=O) groups excluding carboxylic acids is 4. The van der Waals surface area contributed by atoms with Gasteiger partial charge in [-0.2, -0.15) is 0 Å². The van der Waals surface area contributed by atoms with Gasteiger partial charge in [0.15, 0.2) is 11.4 Å². The Morgan fingerprint density at radius 1 is 1.17 bits per heavy atom. The van der Waals surface area contributed by atoms with Crippen molar-refractivity contribution in [3.05, 3.63) is 34.1 Å². The Morgan fingerprint density at radius 3 is 2.31 bits per heavy atom. The number of benzene rings is 1. The lowest BCUT2D eigenvalue weighted by atomic mass is 9.54. The number of fused-ring (bicyclic) bond motifs is 3. The summed E-state index contributed by atoms with van der Waals surface area (Å²) in [6.45, 7) is 9.05. The van der Waals surface area contributed by atoms with Crippen LogP contribution in [0.3, 0.4) is 0 Å². The van der Waals surface area contributed by atoms with Crippen molar-refractivity contribution in [2.45, 2.75) is 58.6 Å². The van der Waals surface area contributed by atoms with Gasteiger partial charge in [-0.1, -0.05) is 13.8 Å². The van der Waals surface area contributed by atoms with Crippen molar-refractivity contribution < 1.29 is 39.6 Å². The summed E-state index contributed by atoms with van der Waals surface area (Å²) in [4.78, 5) is 54.0. The fourth-order valence-corrected chi connectivity index (χ4v) is 6.57. The Labute approximate surface area is 244 Å². The number of phenols is 1. The molecule has 4 atom stereocenters. The molecule has 3 aliphatic rings. The molecule has 0 spiro atoms. The zero-order chi connectivity index (χ0) is 31.6. The molecule has 42 heavy (non-hydrogen) atoms. The maximum atomic E-state index is 14.1. The molecule has 0 aliphatic heterocycles. The third-order valence-corrected chi connectivity index (χ3v) is 8.48. The van der Waals surface area contributed by atoms with E-state index in [9.17, 15) is 39.6 Å². The molecule has 12 heteroatoms. The van der Waals surface area contributed by atoms with Gasteiger partial charge in [0.2, 0.25) is 11.7 Å². The summed E-state index contributed by atoms with van der Waals surface area (Å²) in [6, 6.07) is 1.58. The number of Topliss-reactive ketones (excluding diaryl/α,β-unsaturated/α-hetero) is 2. The van der Waals surface area contributed by atoms with Gasteiger partial charge in [-0.3, -0.25) is 19.2 Å². The summed E-state index contributed by atoms with van der Waals surface area (Å²) in [7, 11) is 3.51. The maximum Gasteiger partial charge on any atom is 0.255 e. The molecule has 0 aromatic heterocycles. The number of amides is 2. The molecule has 3 aliphatic carbocycles. The van der Waals surface area contributed by atoms with Crippen molar-refractivity contribution in [2.75, 3.05) is 30.9 Å². The smallest absolute Gasteiger partial charge is 0.255 e. The van der Waals surface area contributed by atoms with E-state index in [0.29, 0.717) is 11.3 Å². The molecule has 12 nitrogen and oxygen atoms in total. The minimum atomic E-state index is -2.69. The van der Waals surface area contributed by atoms with Crippen LogP contribution in [0.15, 0.2) is 23.0 Å². The van der Waals surface area contributed by atoms with E-state index in [1.807, 2.05) is 20.8 Å². The zero-order valence-corrected chi connectivity index (χ0v) is 25.0. The highest BCUT2D eigenvalue weighted by molar-refractivity contribution is 6.23. The predicted octanol–water partition coefficient (Wildman–Crippen LogP) is 1.70. The van der Waals surface area contributed by atoms with Gasteiger partial charge in [0.05, 0.1) is 17.8 Å². The van der Waals surface area contributed by atoms with Gasteiger partial charge in [0.1, 0.15) is 22.8 Å². The minimum absolute atomic E-state index is 0.00509. The van der Waals surface area contributed by atoms with Crippen LogP contribution in [0.2, 0.25) is 0 Å². The molecule has 1 aromatic carbocycles. The summed E-state index contributed by atoms with van der Waals surface area (Å²) in [6.07, 6.45) is 0.177. The number of nitrogens with two attached hydrogens (primary N) is 1. The van der Waals surface area contributed by atoms with Gasteiger partial charge in [-0.25, -0.2) is 0 Å². The molecule has 2 amide bonds. The van der Waals surface area contributed by atoms with E-state index in [2.05, 4.69) is 10.6 Å². The number of carbonyl (C=O) groups is 4. The van der Waals surface area contributed by atoms with E-state index >= 15 is 0 Å². The first kappa shape index (κ1) is 31.0. The van der Waals surface area contributed by atoms with E-state index in [1.165, 1.54) is 0 Å². The Bertz CT molecular complexity index is 1450. The first-order valence-corrected chi connectivity index (χ1v) is 13.9. The number of rotatable bonds is 6. The minimum Gasteiger partial charge on any atom is -0.508 e. The van der Waals surface area contributed by atoms with Gasteiger partial charge in [0, 0.05) is 42.7 Å². The lowest BCUT2D eigenvalue weighted by molar-refractivity contribution is -0.155. The number of aliphatic hydroxyl groups excluding tert-OH is 2. The standard InChI is InChI=1S/C30H40N4O8/c1-12(2)19-15-9-13-8-14-17(34(6)7)10-16(33-18(35)11-32-29(3,4)5)23(36)21(14)25(38)20(13)26(39)30(15,42)27(40)22(24(19)37)28(31)41/h10,12-13,15,19,32,36,38,40,42H,8-9,11H2,1-7H3,(H2,31,41)(H,33,35)/t13-,15-,19-,30?/m0/s1. The van der Waals surface area contributed by atoms with Crippen LogP contribution in [0, 0.1) is 23.7 Å². The molecule has 1 aromatic rings. The number of anilines is 2. The molecular formula is C30H40N4O8. The quantitative estimate of drug-likeness (QED) is 0.190. The first-order valence-electron chi connectivity index (χ1n) is 13.9. The second-order valence-corrected chi connectivity index (χ2v) is 13.0. The van der Waals surface area contributed by atoms with Crippen LogP contribution < -0.4 is 21.3 Å². The first-order chi connectivity index (χ1) is 19.3. The lowest BCUT2D eigenvalue weighted by Gasteiger charge is -2.50. The van der Waals surface area contributed by atoms with Crippen LogP contribution >= 0.6 is 0 Å². The van der Waals surface area contributed by atoms with Gasteiger partial charge < -0.3 is 41.7 Å². The molecule has 1 saturated carbocycles. The number of aliphatic hydroxyl groups is 3. The topological polar surface area (TPSA) is 203 Å². The molecule has 0 heterocycles. The summed E-state index contributed by atoms with van der Waals surface area (Å²) in [5.41, 5.74) is 2.28. The van der Waals surface area contributed by atoms with E-state index in [0.717, 1.165) is 0 Å². The number of aromatic hydroxyl groups is 1. The second-order valence-electron chi connectivity index (χ2n) is 13.0. The third kappa shape index (κ3) is 4.82. The average molecular weight is 585 g/mol. The zero-order valence-electron chi connectivity index (χ0n) is 25.0. The van der Waals surface area contributed by atoms with Gasteiger partial charge in [-0.15, -0.1) is 0 Å². The van der Waals surface area contributed by atoms with E-state index in [-0.39, 0.29) is 41.7 Å². The SMILES string of the molecule is CC(C)[C@@H]1C(=O)C(C(N)=O)=C(O)C2(O)C(=O)C3=C(O)c4c(O)c(NC(=O)CNC(C)(C)C)cc(N(C)C)c4C[C@H]3C[C@@H]12. The molecule has 0 saturated heterocycles. The van der Waals surface area contributed by atoms with E-state index in [4.69, 9.17) is 5.73 Å². The molecule has 228 valence electrons. The third-order valence-electron chi connectivity index (χ3n) is 8.48. The monoisotopic (exact) mass is 584 g/mol. The highest BCUT2D eigenvalue weighted by Gasteiger charge is 2.64. The highest BCUT2D eigenvalue weighted by atomic mass is 16.3. The van der Waals surface area contributed by atoms with Crippen LogP contribution in [0.1, 0.15) is 52.2 Å². The number of hydrogen-bond acceptors (Lipinski definition) is 10. The molecule has 0 radical (unpaired) electrons. The summed E-state index contributed by atoms with van der Waals surface area (Å²) >= 11 is 0.